The van der Waals surface area contributed by atoms with Gasteiger partial charge < -0.3 is 14.8 Å². The molecule has 0 fully saturated rings. The van der Waals surface area contributed by atoms with Crippen molar-refractivity contribution in [3.05, 3.63) is 57.8 Å². The summed E-state index contributed by atoms with van der Waals surface area (Å²) < 4.78 is 25.5. The van der Waals surface area contributed by atoms with Crippen LogP contribution in [-0.2, 0) is 17.6 Å². The lowest BCUT2D eigenvalue weighted by molar-refractivity contribution is -0.120. The number of nitrogens with one attached hydrogen (secondary N) is 1. The second kappa shape index (κ2) is 10.2. The zero-order valence-electron chi connectivity index (χ0n) is 15.0. The molecule has 0 radical (unpaired) electrons. The predicted molar refractivity (Wildman–Crippen MR) is 103 cm³/mol. The van der Waals surface area contributed by atoms with Crippen molar-refractivity contribution < 1.29 is 18.7 Å². The number of hydrogen-bond donors (Lipinski definition) is 1. The van der Waals surface area contributed by atoms with E-state index >= 15 is 0 Å². The molecule has 0 bridgehead atoms. The van der Waals surface area contributed by atoms with Gasteiger partial charge in [-0.05, 0) is 49.6 Å². The maximum Gasteiger partial charge on any atom is 0.224 e. The Hall–Kier alpha value is -2.08. The van der Waals surface area contributed by atoms with Crippen molar-refractivity contribution in [1.82, 2.24) is 5.32 Å². The van der Waals surface area contributed by atoms with E-state index in [0.29, 0.717) is 43.2 Å². The average Bonchev–Trinajstić information content (AvgIpc) is 2.61. The van der Waals surface area contributed by atoms with Crippen LogP contribution in [0.5, 0.6) is 11.5 Å². The molecule has 0 aliphatic rings. The molecule has 0 saturated carbocycles. The van der Waals surface area contributed by atoms with Crippen molar-refractivity contribution in [3.63, 3.8) is 0 Å². The molecule has 140 valence electrons. The fraction of sp³-hybridized carbons (Fsp3) is 0.350. The van der Waals surface area contributed by atoms with E-state index in [1.807, 2.05) is 26.0 Å². The van der Waals surface area contributed by atoms with E-state index in [9.17, 15) is 9.18 Å². The van der Waals surface area contributed by atoms with E-state index in [1.54, 1.807) is 18.2 Å². The minimum Gasteiger partial charge on any atom is -0.490 e. The number of halogens is 2. The predicted octanol–water partition coefficient (Wildman–Crippen LogP) is 4.29. The minimum atomic E-state index is -0.252. The van der Waals surface area contributed by atoms with Crippen LogP contribution >= 0.6 is 15.9 Å². The second-order valence-electron chi connectivity index (χ2n) is 5.62. The maximum atomic E-state index is 13.6. The molecule has 6 heteroatoms. The molecule has 0 saturated heterocycles. The number of hydrogen-bond acceptors (Lipinski definition) is 3. The first-order valence-corrected chi connectivity index (χ1v) is 9.42. The van der Waals surface area contributed by atoms with Gasteiger partial charge in [-0.2, -0.15) is 0 Å². The van der Waals surface area contributed by atoms with Gasteiger partial charge in [-0.15, -0.1) is 0 Å². The summed E-state index contributed by atoms with van der Waals surface area (Å²) in [6, 6.07) is 10.2. The molecule has 4 nitrogen and oxygen atoms in total. The highest BCUT2D eigenvalue weighted by molar-refractivity contribution is 9.10. The topological polar surface area (TPSA) is 47.6 Å². The fourth-order valence-electron chi connectivity index (χ4n) is 2.52. The Bertz CT molecular complexity index is 752. The third-order valence-electron chi connectivity index (χ3n) is 3.74. The van der Waals surface area contributed by atoms with Crippen LogP contribution in [0.4, 0.5) is 4.39 Å². The summed E-state index contributed by atoms with van der Waals surface area (Å²) in [5.41, 5.74) is 1.40. The van der Waals surface area contributed by atoms with Gasteiger partial charge >= 0.3 is 0 Å². The molecule has 0 unspecified atom stereocenters. The van der Waals surface area contributed by atoms with Crippen molar-refractivity contribution in [2.24, 2.45) is 0 Å². The lowest BCUT2D eigenvalue weighted by Crippen LogP contribution is -2.27. The van der Waals surface area contributed by atoms with Crippen LogP contribution in [0, 0.1) is 5.82 Å². The molecule has 0 heterocycles. The lowest BCUT2D eigenvalue weighted by Gasteiger charge is -2.14. The third kappa shape index (κ3) is 5.73. The largest absolute Gasteiger partial charge is 0.490 e. The Kier molecular flexibility index (Phi) is 7.91. The molecule has 26 heavy (non-hydrogen) atoms. The zero-order valence-corrected chi connectivity index (χ0v) is 16.6. The van der Waals surface area contributed by atoms with Gasteiger partial charge in [0.15, 0.2) is 11.5 Å². The highest BCUT2D eigenvalue weighted by Gasteiger charge is 2.13. The van der Waals surface area contributed by atoms with Crippen molar-refractivity contribution in [3.8, 4) is 11.5 Å². The molecule has 0 aliphatic heterocycles. The van der Waals surface area contributed by atoms with E-state index in [2.05, 4.69) is 21.2 Å². The quantitative estimate of drug-likeness (QED) is 0.654. The van der Waals surface area contributed by atoms with Crippen LogP contribution in [0.2, 0.25) is 0 Å². The molecule has 1 N–H and O–H groups in total. The minimum absolute atomic E-state index is 0.131. The van der Waals surface area contributed by atoms with E-state index < -0.39 is 0 Å². The summed E-state index contributed by atoms with van der Waals surface area (Å²) in [4.78, 5) is 12.2. The smallest absolute Gasteiger partial charge is 0.224 e. The summed E-state index contributed by atoms with van der Waals surface area (Å²) in [7, 11) is 0. The number of benzene rings is 2. The SMILES string of the molecule is CCOc1cc(Br)c(CC(=O)NCCc2ccccc2F)cc1OCC. The second-order valence-corrected chi connectivity index (χ2v) is 6.48. The maximum absolute atomic E-state index is 13.6. The zero-order chi connectivity index (χ0) is 18.9. The molecule has 1 amide bonds. The molecule has 0 aliphatic carbocycles. The Morgan fingerprint density at radius 3 is 2.38 bits per heavy atom. The molecular weight excluding hydrogens is 401 g/mol. The first-order chi connectivity index (χ1) is 12.5. The molecular formula is C20H23BrFNO3. The van der Waals surface area contributed by atoms with Gasteiger partial charge in [0.2, 0.25) is 5.91 Å². The highest BCUT2D eigenvalue weighted by Crippen LogP contribution is 2.34. The molecule has 0 aromatic heterocycles. The fourth-order valence-corrected chi connectivity index (χ4v) is 2.99. The third-order valence-corrected chi connectivity index (χ3v) is 4.48. The molecule has 2 aromatic carbocycles. The van der Waals surface area contributed by atoms with Gasteiger partial charge in [0, 0.05) is 11.0 Å². The normalized spacial score (nSPS) is 10.5. The summed E-state index contributed by atoms with van der Waals surface area (Å²) in [5, 5.41) is 2.83. The van der Waals surface area contributed by atoms with E-state index in [-0.39, 0.29) is 18.1 Å². The van der Waals surface area contributed by atoms with Crippen LogP contribution in [-0.4, -0.2) is 25.7 Å². The number of carbonyl (C=O) groups excluding carboxylic acids is 1. The van der Waals surface area contributed by atoms with Gasteiger partial charge in [0.1, 0.15) is 5.82 Å². The summed E-state index contributed by atoms with van der Waals surface area (Å²) in [5.74, 6) is 0.877. The molecule has 0 spiro atoms. The number of rotatable bonds is 9. The molecule has 2 aromatic rings. The van der Waals surface area contributed by atoms with Crippen molar-refractivity contribution in [2.45, 2.75) is 26.7 Å². The van der Waals surface area contributed by atoms with Crippen LogP contribution < -0.4 is 14.8 Å². The first-order valence-electron chi connectivity index (χ1n) is 8.63. The first kappa shape index (κ1) is 20.2. The van der Waals surface area contributed by atoms with Gasteiger partial charge in [0.25, 0.3) is 0 Å². The Morgan fingerprint density at radius 2 is 1.73 bits per heavy atom. The summed E-state index contributed by atoms with van der Waals surface area (Å²) in [6.07, 6.45) is 0.650. The summed E-state index contributed by atoms with van der Waals surface area (Å²) >= 11 is 3.48. The van der Waals surface area contributed by atoms with Gasteiger partial charge in [-0.3, -0.25) is 4.79 Å². The highest BCUT2D eigenvalue weighted by atomic mass is 79.9. The molecule has 0 atom stereocenters. The molecule has 2 rings (SSSR count). The van der Waals surface area contributed by atoms with Crippen LogP contribution in [0.3, 0.4) is 0 Å². The van der Waals surface area contributed by atoms with Crippen LogP contribution in [0.25, 0.3) is 0 Å². The Morgan fingerprint density at radius 1 is 1.08 bits per heavy atom. The monoisotopic (exact) mass is 423 g/mol. The van der Waals surface area contributed by atoms with E-state index in [1.165, 1.54) is 6.07 Å². The van der Waals surface area contributed by atoms with E-state index in [4.69, 9.17) is 9.47 Å². The van der Waals surface area contributed by atoms with Crippen molar-refractivity contribution in [2.75, 3.05) is 19.8 Å². The van der Waals surface area contributed by atoms with Gasteiger partial charge in [-0.1, -0.05) is 34.1 Å². The number of carbonyl (C=O) groups is 1. The average molecular weight is 424 g/mol. The lowest BCUT2D eigenvalue weighted by atomic mass is 10.1. The summed E-state index contributed by atoms with van der Waals surface area (Å²) in [6.45, 7) is 5.22. The Labute approximate surface area is 161 Å². The van der Waals surface area contributed by atoms with Crippen LogP contribution in [0.1, 0.15) is 25.0 Å². The van der Waals surface area contributed by atoms with Crippen molar-refractivity contribution >= 4 is 21.8 Å². The number of ether oxygens (including phenoxy) is 2. The van der Waals surface area contributed by atoms with E-state index in [0.717, 1.165) is 10.0 Å². The van der Waals surface area contributed by atoms with Gasteiger partial charge in [-0.25, -0.2) is 4.39 Å². The standard InChI is InChI=1S/C20H23BrFNO3/c1-3-25-18-11-15(16(21)13-19(18)26-4-2)12-20(24)23-10-9-14-7-5-6-8-17(14)22/h5-8,11,13H,3-4,9-10,12H2,1-2H3,(H,23,24). The van der Waals surface area contributed by atoms with Crippen LogP contribution in [0.15, 0.2) is 40.9 Å². The Balaban J connectivity index is 1.97. The van der Waals surface area contributed by atoms with Gasteiger partial charge in [0.05, 0.1) is 19.6 Å². The van der Waals surface area contributed by atoms with Crippen molar-refractivity contribution in [1.29, 1.82) is 0 Å². The number of amides is 1.